The van der Waals surface area contributed by atoms with Gasteiger partial charge in [-0.2, -0.15) is 4.57 Å². The maximum Gasteiger partial charge on any atom is 0.211 e. The summed E-state index contributed by atoms with van der Waals surface area (Å²) in [7, 11) is 0. The molecule has 0 unspecified atom stereocenters. The molecule has 0 amide bonds. The molecule has 3 heteroatoms. The molecule has 1 aliphatic rings. The van der Waals surface area contributed by atoms with Gasteiger partial charge in [-0.05, 0) is 30.4 Å². The quantitative estimate of drug-likeness (QED) is 0.576. The highest BCUT2D eigenvalue weighted by molar-refractivity contribution is 5.27. The molecule has 128 valence electrons. The lowest BCUT2D eigenvalue weighted by Gasteiger charge is -2.08. The zero-order valence-corrected chi connectivity index (χ0v) is 15.7. The van der Waals surface area contributed by atoms with Crippen molar-refractivity contribution in [3.05, 3.63) is 95.8 Å². The summed E-state index contributed by atoms with van der Waals surface area (Å²) < 4.78 is 8.32. The number of halogens is 1. The first-order chi connectivity index (χ1) is 11.9. The van der Waals surface area contributed by atoms with E-state index in [9.17, 15) is 0 Å². The van der Waals surface area contributed by atoms with Gasteiger partial charge in [0.25, 0.3) is 0 Å². The van der Waals surface area contributed by atoms with Crippen LogP contribution in [-0.2, 0) is 13.2 Å². The third kappa shape index (κ3) is 4.93. The summed E-state index contributed by atoms with van der Waals surface area (Å²) in [5, 5.41) is 0. The van der Waals surface area contributed by atoms with E-state index in [2.05, 4.69) is 77.6 Å². The van der Waals surface area contributed by atoms with Crippen molar-refractivity contribution in [2.75, 3.05) is 0 Å². The van der Waals surface area contributed by atoms with Crippen LogP contribution in [0, 0.1) is 0 Å². The maximum atomic E-state index is 6.07. The molecular formula is C22H22BrNO. The van der Waals surface area contributed by atoms with Crippen molar-refractivity contribution in [1.29, 1.82) is 0 Å². The molecule has 0 aliphatic heterocycles. The number of nitrogens with zero attached hydrogens (tertiary/aromatic N) is 1. The van der Waals surface area contributed by atoms with Gasteiger partial charge in [0.2, 0.25) is 6.20 Å². The zero-order valence-electron chi connectivity index (χ0n) is 14.1. The Kier molecular flexibility index (Phi) is 5.87. The van der Waals surface area contributed by atoms with Gasteiger partial charge >= 0.3 is 0 Å². The summed E-state index contributed by atoms with van der Waals surface area (Å²) in [4.78, 5) is 0. The average molecular weight is 396 g/mol. The van der Waals surface area contributed by atoms with E-state index in [1.165, 1.54) is 29.5 Å². The maximum absolute atomic E-state index is 6.07. The van der Waals surface area contributed by atoms with Crippen molar-refractivity contribution >= 4 is 0 Å². The lowest BCUT2D eigenvalue weighted by Crippen LogP contribution is -3.00. The molecule has 1 fully saturated rings. The lowest BCUT2D eigenvalue weighted by molar-refractivity contribution is -0.689. The molecule has 1 saturated carbocycles. The third-order valence-corrected chi connectivity index (χ3v) is 4.42. The lowest BCUT2D eigenvalue weighted by atomic mass is 10.1. The van der Waals surface area contributed by atoms with E-state index in [4.69, 9.17) is 4.74 Å². The molecule has 1 aromatic heterocycles. The Morgan fingerprint density at radius 3 is 2.12 bits per heavy atom. The SMILES string of the molecule is [Br-].c1ccc(COc2cc(C3CC3)c[n+](Cc3ccccc3)c2)cc1. The fourth-order valence-electron chi connectivity index (χ4n) is 2.98. The molecule has 25 heavy (non-hydrogen) atoms. The van der Waals surface area contributed by atoms with E-state index < -0.39 is 0 Å². The van der Waals surface area contributed by atoms with Crippen molar-refractivity contribution in [2.24, 2.45) is 0 Å². The number of rotatable bonds is 6. The Morgan fingerprint density at radius 1 is 0.840 bits per heavy atom. The van der Waals surface area contributed by atoms with Crippen LogP contribution in [0.15, 0.2) is 79.1 Å². The molecular weight excluding hydrogens is 374 g/mol. The van der Waals surface area contributed by atoms with Gasteiger partial charge in [0.05, 0.1) is 0 Å². The minimum absolute atomic E-state index is 0. The Hall–Kier alpha value is -2.13. The van der Waals surface area contributed by atoms with E-state index in [0.717, 1.165) is 12.3 Å². The summed E-state index contributed by atoms with van der Waals surface area (Å²) >= 11 is 0. The van der Waals surface area contributed by atoms with Crippen LogP contribution in [0.5, 0.6) is 5.75 Å². The van der Waals surface area contributed by atoms with Gasteiger partial charge < -0.3 is 21.7 Å². The van der Waals surface area contributed by atoms with Gasteiger partial charge in [0.1, 0.15) is 6.61 Å². The van der Waals surface area contributed by atoms with Crippen LogP contribution in [-0.4, -0.2) is 0 Å². The highest BCUT2D eigenvalue weighted by atomic mass is 79.9. The van der Waals surface area contributed by atoms with E-state index in [1.54, 1.807) is 0 Å². The fraction of sp³-hybridized carbons (Fsp3) is 0.227. The summed E-state index contributed by atoms with van der Waals surface area (Å²) in [5.41, 5.74) is 3.91. The van der Waals surface area contributed by atoms with Crippen LogP contribution in [0.1, 0.15) is 35.4 Å². The predicted molar refractivity (Wildman–Crippen MR) is 94.9 cm³/mol. The van der Waals surface area contributed by atoms with E-state index >= 15 is 0 Å². The fourth-order valence-corrected chi connectivity index (χ4v) is 2.98. The van der Waals surface area contributed by atoms with Gasteiger partial charge in [-0.3, -0.25) is 0 Å². The molecule has 0 atom stereocenters. The van der Waals surface area contributed by atoms with Crippen molar-refractivity contribution in [2.45, 2.75) is 31.9 Å². The van der Waals surface area contributed by atoms with Crippen molar-refractivity contribution in [1.82, 2.24) is 0 Å². The number of hydrogen-bond donors (Lipinski definition) is 0. The zero-order chi connectivity index (χ0) is 16.2. The minimum Gasteiger partial charge on any atom is -1.00 e. The highest BCUT2D eigenvalue weighted by Gasteiger charge is 2.27. The standard InChI is InChI=1S/C22H22NO.BrH/c1-3-7-18(8-4-1)14-23-15-21(20-11-12-20)13-22(16-23)24-17-19-9-5-2-6-10-19;/h1-10,13,15-16,20H,11-12,14,17H2;1H/q+1;/p-1. The van der Waals surface area contributed by atoms with Crippen molar-refractivity contribution in [3.63, 3.8) is 0 Å². The second kappa shape index (κ2) is 8.30. The van der Waals surface area contributed by atoms with Crippen LogP contribution in [0.2, 0.25) is 0 Å². The van der Waals surface area contributed by atoms with Gasteiger partial charge in [-0.25, -0.2) is 0 Å². The second-order valence-corrected chi connectivity index (χ2v) is 6.51. The molecule has 0 radical (unpaired) electrons. The first-order valence-corrected chi connectivity index (χ1v) is 8.61. The van der Waals surface area contributed by atoms with Crippen molar-refractivity contribution in [3.8, 4) is 5.75 Å². The Morgan fingerprint density at radius 2 is 1.48 bits per heavy atom. The molecule has 2 aromatic carbocycles. The number of hydrogen-bond acceptors (Lipinski definition) is 1. The van der Waals surface area contributed by atoms with Crippen LogP contribution >= 0.6 is 0 Å². The van der Waals surface area contributed by atoms with Gasteiger partial charge in [-0.15, -0.1) is 0 Å². The summed E-state index contributed by atoms with van der Waals surface area (Å²) in [6, 6.07) is 23.1. The number of benzene rings is 2. The Bertz CT molecular complexity index is 801. The molecule has 1 aliphatic carbocycles. The minimum atomic E-state index is 0. The number of ether oxygens (including phenoxy) is 1. The van der Waals surface area contributed by atoms with Crippen LogP contribution < -0.4 is 26.3 Å². The summed E-state index contributed by atoms with van der Waals surface area (Å²) in [5.74, 6) is 1.67. The van der Waals surface area contributed by atoms with E-state index in [0.29, 0.717) is 12.5 Å². The van der Waals surface area contributed by atoms with Crippen LogP contribution in [0.4, 0.5) is 0 Å². The first-order valence-electron chi connectivity index (χ1n) is 8.61. The van der Waals surface area contributed by atoms with Crippen LogP contribution in [0.3, 0.4) is 0 Å². The number of aromatic nitrogens is 1. The van der Waals surface area contributed by atoms with E-state index in [-0.39, 0.29) is 17.0 Å². The molecule has 0 N–H and O–H groups in total. The molecule has 3 aromatic rings. The third-order valence-electron chi connectivity index (χ3n) is 4.42. The highest BCUT2D eigenvalue weighted by Crippen LogP contribution is 2.40. The number of pyridine rings is 1. The Labute approximate surface area is 159 Å². The smallest absolute Gasteiger partial charge is 0.211 e. The molecule has 4 rings (SSSR count). The molecule has 0 spiro atoms. The largest absolute Gasteiger partial charge is 1.00 e. The Balaban J connectivity index is 0.00000182. The first kappa shape index (κ1) is 17.7. The van der Waals surface area contributed by atoms with E-state index in [1.807, 2.05) is 6.07 Å². The van der Waals surface area contributed by atoms with Gasteiger partial charge in [-0.1, -0.05) is 60.7 Å². The second-order valence-electron chi connectivity index (χ2n) is 6.51. The van der Waals surface area contributed by atoms with Crippen molar-refractivity contribution < 1.29 is 26.3 Å². The normalized spacial score (nSPS) is 13.1. The molecule has 2 nitrogen and oxygen atoms in total. The molecule has 1 heterocycles. The summed E-state index contributed by atoms with van der Waals surface area (Å²) in [6.07, 6.45) is 6.99. The van der Waals surface area contributed by atoms with Crippen LogP contribution in [0.25, 0.3) is 0 Å². The summed E-state index contributed by atoms with van der Waals surface area (Å²) in [6.45, 7) is 1.49. The molecule has 0 bridgehead atoms. The average Bonchev–Trinajstić information content (AvgIpc) is 3.47. The molecule has 0 saturated heterocycles. The van der Waals surface area contributed by atoms with Gasteiger partial charge in [0.15, 0.2) is 18.5 Å². The predicted octanol–water partition coefficient (Wildman–Crippen LogP) is 1.48. The monoisotopic (exact) mass is 395 g/mol. The van der Waals surface area contributed by atoms with Gasteiger partial charge in [0, 0.05) is 11.1 Å². The topological polar surface area (TPSA) is 13.1 Å².